The van der Waals surface area contributed by atoms with Crippen LogP contribution in [0.4, 0.5) is 13.6 Å². The van der Waals surface area contributed by atoms with E-state index >= 15 is 0 Å². The first-order valence-electron chi connectivity index (χ1n) is 20.0. The molecule has 5 aromatic carbocycles. The summed E-state index contributed by atoms with van der Waals surface area (Å²) in [4.78, 5) is 69.6. The van der Waals surface area contributed by atoms with Crippen molar-refractivity contribution in [1.29, 1.82) is 0 Å². The van der Waals surface area contributed by atoms with Gasteiger partial charge in [0.1, 0.15) is 11.6 Å². The number of hydrogen-bond acceptors (Lipinski definition) is 7. The van der Waals surface area contributed by atoms with E-state index in [0.29, 0.717) is 30.5 Å². The highest BCUT2D eigenvalue weighted by Gasteiger charge is 2.40. The molecule has 2 N–H and O–H groups in total. The summed E-state index contributed by atoms with van der Waals surface area (Å²) >= 11 is 0.836. The number of nitrogens with one attached hydrogen (secondary N) is 2. The fraction of sp³-hybridized carbons (Fsp3) is 0.204. The molecule has 0 aromatic heterocycles. The van der Waals surface area contributed by atoms with Crippen LogP contribution < -0.4 is 10.6 Å². The molecular weight excluding hydrogens is 795 g/mol. The van der Waals surface area contributed by atoms with Gasteiger partial charge in [0.05, 0.1) is 22.1 Å². The number of carbonyl (C=O) groups excluding carboxylic acids is 5. The van der Waals surface area contributed by atoms with Gasteiger partial charge in [-0.1, -0.05) is 111 Å². The van der Waals surface area contributed by atoms with Gasteiger partial charge < -0.3 is 10.2 Å². The van der Waals surface area contributed by atoms with E-state index in [0.717, 1.165) is 58.3 Å². The van der Waals surface area contributed by atoms with E-state index in [1.54, 1.807) is 53.5 Å². The zero-order valence-corrected chi connectivity index (χ0v) is 34.5. The average Bonchev–Trinajstić information content (AvgIpc) is 3.83. The number of thioether (sulfide) groups is 1. The summed E-state index contributed by atoms with van der Waals surface area (Å²) in [6, 6.07) is 33.9. The van der Waals surface area contributed by atoms with Gasteiger partial charge in [-0.25, -0.2) is 8.78 Å². The number of hydrogen-bond donors (Lipinski definition) is 2. The molecule has 0 radical (unpaired) electrons. The quantitative estimate of drug-likeness (QED) is 0.0849. The zero-order chi connectivity index (χ0) is 43.0. The number of likely N-dealkylation sites (tertiary alicyclic amines) is 1. The van der Waals surface area contributed by atoms with Crippen molar-refractivity contribution in [3.63, 3.8) is 0 Å². The van der Waals surface area contributed by atoms with Crippen molar-refractivity contribution in [2.45, 2.75) is 38.9 Å². The Hall–Kier alpha value is -6.50. The van der Waals surface area contributed by atoms with E-state index in [9.17, 15) is 32.8 Å². The van der Waals surface area contributed by atoms with Crippen molar-refractivity contribution in [2.24, 2.45) is 5.92 Å². The minimum absolute atomic E-state index is 0.0102. The van der Waals surface area contributed by atoms with Gasteiger partial charge >= 0.3 is 0 Å². The molecule has 0 bridgehead atoms. The minimum Gasteiger partial charge on any atom is -0.350 e. The fourth-order valence-corrected chi connectivity index (χ4v) is 8.44. The summed E-state index contributed by atoms with van der Waals surface area (Å²) in [5, 5.41) is 4.79. The standard InChI is InChI=1S/C49H44F2N4O5S/c1-31(2)28-54(29-35-12-6-7-13-39(35)34-10-4-3-5-11-34)38-26-37(27-52-45(56)23-20-32-16-18-33(19-17-32)24-44-47(58)53-49(60)61-44)55(30-38)48(59)41-15-9-8-14-40(41)46(57)42-22-21-36(50)25-43(42)51/h3-25,31,37-38H,26-30H2,1-2H3,(H,52,56)(H,53,58,60)/b23-20+,44-24+/t37-,38+/m0/s1. The van der Waals surface area contributed by atoms with E-state index in [1.807, 2.05) is 30.3 Å². The molecule has 2 aliphatic heterocycles. The maximum Gasteiger partial charge on any atom is 0.290 e. The minimum atomic E-state index is -1.02. The van der Waals surface area contributed by atoms with Gasteiger partial charge in [-0.3, -0.25) is 34.2 Å². The van der Waals surface area contributed by atoms with Crippen LogP contribution in [0.25, 0.3) is 23.3 Å². The number of halogens is 2. The second kappa shape index (κ2) is 19.3. The number of ketones is 1. The van der Waals surface area contributed by atoms with E-state index in [-0.39, 0.29) is 41.1 Å². The van der Waals surface area contributed by atoms with Crippen molar-refractivity contribution in [2.75, 3.05) is 19.6 Å². The van der Waals surface area contributed by atoms with Crippen LogP contribution in [0.5, 0.6) is 0 Å². The zero-order valence-electron chi connectivity index (χ0n) is 33.6. The maximum atomic E-state index is 14.9. The smallest absolute Gasteiger partial charge is 0.290 e. The van der Waals surface area contributed by atoms with Crippen LogP contribution in [0.1, 0.15) is 63.2 Å². The predicted octanol–water partition coefficient (Wildman–Crippen LogP) is 8.76. The molecule has 4 amide bonds. The molecule has 0 aliphatic carbocycles. The molecule has 5 aromatic rings. The lowest BCUT2D eigenvalue weighted by Gasteiger charge is -2.31. The molecule has 0 saturated carbocycles. The Morgan fingerprint density at radius 1 is 0.852 bits per heavy atom. The van der Waals surface area contributed by atoms with Crippen LogP contribution in [0.3, 0.4) is 0 Å². The molecule has 12 heteroatoms. The first-order chi connectivity index (χ1) is 29.4. The Morgan fingerprint density at radius 3 is 2.25 bits per heavy atom. The number of amides is 4. The van der Waals surface area contributed by atoms with Crippen molar-refractivity contribution >= 4 is 52.7 Å². The van der Waals surface area contributed by atoms with Crippen LogP contribution in [0.2, 0.25) is 0 Å². The topological polar surface area (TPSA) is 116 Å². The summed E-state index contributed by atoms with van der Waals surface area (Å²) in [5.41, 5.74) is 4.52. The molecule has 0 unspecified atom stereocenters. The van der Waals surface area contributed by atoms with Crippen molar-refractivity contribution in [3.8, 4) is 11.1 Å². The lowest BCUT2D eigenvalue weighted by atomic mass is 9.97. The van der Waals surface area contributed by atoms with Crippen LogP contribution in [0.15, 0.2) is 132 Å². The van der Waals surface area contributed by atoms with Gasteiger partial charge in [-0.05, 0) is 82.3 Å². The first-order valence-corrected chi connectivity index (χ1v) is 20.8. The molecular formula is C49H44F2N4O5S. The Bertz CT molecular complexity index is 2520. The summed E-state index contributed by atoms with van der Waals surface area (Å²) in [5.74, 6) is -3.55. The summed E-state index contributed by atoms with van der Waals surface area (Å²) in [6.45, 7) is 6.06. The number of nitrogens with zero attached hydrogens (tertiary/aromatic N) is 2. The highest BCUT2D eigenvalue weighted by Crippen LogP contribution is 2.31. The Morgan fingerprint density at radius 2 is 1.54 bits per heavy atom. The molecule has 2 heterocycles. The van der Waals surface area contributed by atoms with Crippen LogP contribution in [-0.2, 0) is 16.1 Å². The second-order valence-electron chi connectivity index (χ2n) is 15.4. The average molecular weight is 839 g/mol. The summed E-state index contributed by atoms with van der Waals surface area (Å²) < 4.78 is 28.7. The lowest BCUT2D eigenvalue weighted by Crippen LogP contribution is -2.44. The van der Waals surface area contributed by atoms with Gasteiger partial charge in [0, 0.05) is 49.9 Å². The predicted molar refractivity (Wildman–Crippen MR) is 234 cm³/mol. The lowest BCUT2D eigenvalue weighted by molar-refractivity contribution is -0.117. The highest BCUT2D eigenvalue weighted by molar-refractivity contribution is 8.18. The molecule has 310 valence electrons. The molecule has 2 saturated heterocycles. The Labute approximate surface area is 357 Å². The SMILES string of the molecule is CC(C)CN(Cc1ccccc1-c1ccccc1)[C@@H]1C[C@@H](CNC(=O)/C=C/c2ccc(/C=C3/SC(=O)NC3=O)cc2)N(C(=O)c2ccccc2C(=O)c2ccc(F)cc2F)C1. The molecule has 9 nitrogen and oxygen atoms in total. The molecule has 2 atom stereocenters. The van der Waals surface area contributed by atoms with Crippen molar-refractivity contribution in [3.05, 3.63) is 177 Å². The van der Waals surface area contributed by atoms with Gasteiger partial charge in [0.15, 0.2) is 5.78 Å². The third kappa shape index (κ3) is 10.5. The number of carbonyl (C=O) groups is 5. The number of rotatable bonds is 14. The number of imide groups is 1. The van der Waals surface area contributed by atoms with E-state index < -0.39 is 40.5 Å². The molecule has 61 heavy (non-hydrogen) atoms. The van der Waals surface area contributed by atoms with Gasteiger partial charge in [-0.2, -0.15) is 0 Å². The van der Waals surface area contributed by atoms with Crippen LogP contribution >= 0.6 is 11.8 Å². The molecule has 7 rings (SSSR count). The van der Waals surface area contributed by atoms with E-state index in [1.165, 1.54) is 18.2 Å². The van der Waals surface area contributed by atoms with Crippen molar-refractivity contribution < 1.29 is 32.8 Å². The molecule has 2 aliphatic rings. The molecule has 2 fully saturated rings. The van der Waals surface area contributed by atoms with E-state index in [4.69, 9.17) is 0 Å². The van der Waals surface area contributed by atoms with Gasteiger partial charge in [0.25, 0.3) is 17.1 Å². The normalized spacial score (nSPS) is 17.1. The van der Waals surface area contributed by atoms with Crippen molar-refractivity contribution in [1.82, 2.24) is 20.4 Å². The second-order valence-corrected chi connectivity index (χ2v) is 16.5. The largest absolute Gasteiger partial charge is 0.350 e. The summed E-state index contributed by atoms with van der Waals surface area (Å²) in [6.07, 6.45) is 5.20. The van der Waals surface area contributed by atoms with Gasteiger partial charge in [0.2, 0.25) is 5.91 Å². The highest BCUT2D eigenvalue weighted by atomic mass is 32.2. The van der Waals surface area contributed by atoms with E-state index in [2.05, 4.69) is 53.6 Å². The van der Waals surface area contributed by atoms with Gasteiger partial charge in [-0.15, -0.1) is 0 Å². The number of benzene rings is 5. The fourth-order valence-electron chi connectivity index (χ4n) is 7.75. The van der Waals surface area contributed by atoms with Crippen LogP contribution in [0, 0.1) is 17.6 Å². The monoisotopic (exact) mass is 838 g/mol. The Balaban J connectivity index is 1.13. The first kappa shape index (κ1) is 42.6. The Kier molecular flexibility index (Phi) is 13.5. The maximum absolute atomic E-state index is 14.9. The molecule has 0 spiro atoms. The third-order valence-corrected chi connectivity index (χ3v) is 11.4. The third-order valence-electron chi connectivity index (χ3n) is 10.6. The van der Waals surface area contributed by atoms with Crippen LogP contribution in [-0.4, -0.2) is 70.3 Å². The summed E-state index contributed by atoms with van der Waals surface area (Å²) in [7, 11) is 0.